The van der Waals surface area contributed by atoms with Crippen molar-refractivity contribution in [2.45, 2.75) is 64.0 Å². The molecule has 5 nitrogen and oxygen atoms in total. The van der Waals surface area contributed by atoms with Crippen LogP contribution in [-0.4, -0.2) is 55.2 Å². The molecule has 1 saturated carbocycles. The Balaban J connectivity index is 1.93. The largest absolute Gasteiger partial charge is 0.379 e. The number of carbonyl (C=O) groups excluding carboxylic acids is 1. The van der Waals surface area contributed by atoms with Crippen LogP contribution in [0.1, 0.15) is 52.4 Å². The van der Waals surface area contributed by atoms with Crippen molar-refractivity contribution in [2.75, 3.05) is 32.8 Å². The van der Waals surface area contributed by atoms with Gasteiger partial charge in [0, 0.05) is 25.2 Å². The van der Waals surface area contributed by atoms with Crippen LogP contribution in [0.2, 0.25) is 0 Å². The second-order valence-corrected chi connectivity index (χ2v) is 7.34. The number of morpholine rings is 1. The Labute approximate surface area is 134 Å². The van der Waals surface area contributed by atoms with E-state index >= 15 is 0 Å². The summed E-state index contributed by atoms with van der Waals surface area (Å²) >= 11 is 0. The monoisotopic (exact) mass is 311 g/mol. The molecule has 0 spiro atoms. The Bertz CT molecular complexity index is 348. The molecule has 1 atom stereocenters. The summed E-state index contributed by atoms with van der Waals surface area (Å²) in [6.45, 7) is 8.51. The summed E-state index contributed by atoms with van der Waals surface area (Å²) in [5.74, 6) is 0.454. The summed E-state index contributed by atoms with van der Waals surface area (Å²) < 4.78 is 5.49. The van der Waals surface area contributed by atoms with Gasteiger partial charge in [-0.3, -0.25) is 9.69 Å². The summed E-state index contributed by atoms with van der Waals surface area (Å²) in [5, 5.41) is 3.15. The molecule has 0 unspecified atom stereocenters. The van der Waals surface area contributed by atoms with E-state index in [1.807, 2.05) is 0 Å². The zero-order valence-electron chi connectivity index (χ0n) is 14.3. The Hall–Kier alpha value is -0.650. The van der Waals surface area contributed by atoms with E-state index in [1.165, 1.54) is 32.1 Å². The van der Waals surface area contributed by atoms with Crippen LogP contribution in [0.4, 0.5) is 0 Å². The fourth-order valence-electron chi connectivity index (χ4n) is 3.85. The SMILES string of the molecule is CC(C)C[C@H](N)C(=O)NCC1(N2CCOCC2)CCCCC1. The number of nitrogens with zero attached hydrogens (tertiary/aromatic N) is 1. The maximum absolute atomic E-state index is 12.3. The third-order valence-corrected chi connectivity index (χ3v) is 5.12. The van der Waals surface area contributed by atoms with Crippen molar-refractivity contribution in [1.29, 1.82) is 0 Å². The van der Waals surface area contributed by atoms with Gasteiger partial charge in [0.25, 0.3) is 0 Å². The molecule has 0 aromatic carbocycles. The minimum Gasteiger partial charge on any atom is -0.379 e. The van der Waals surface area contributed by atoms with E-state index in [0.717, 1.165) is 39.3 Å². The van der Waals surface area contributed by atoms with E-state index in [0.29, 0.717) is 5.92 Å². The number of hydrogen-bond acceptors (Lipinski definition) is 4. The van der Waals surface area contributed by atoms with Crippen molar-refractivity contribution in [3.05, 3.63) is 0 Å². The highest BCUT2D eigenvalue weighted by Gasteiger charge is 2.39. The highest BCUT2D eigenvalue weighted by atomic mass is 16.5. The van der Waals surface area contributed by atoms with Crippen LogP contribution < -0.4 is 11.1 Å². The standard InChI is InChI=1S/C17H33N3O2/c1-14(2)12-15(18)16(21)19-13-17(6-4-3-5-7-17)20-8-10-22-11-9-20/h14-15H,3-13,18H2,1-2H3,(H,19,21)/t15-/m0/s1. The van der Waals surface area contributed by atoms with Crippen LogP contribution >= 0.6 is 0 Å². The van der Waals surface area contributed by atoms with E-state index < -0.39 is 0 Å². The summed E-state index contributed by atoms with van der Waals surface area (Å²) in [4.78, 5) is 14.8. The zero-order chi connectivity index (χ0) is 16.0. The molecule has 0 radical (unpaired) electrons. The maximum atomic E-state index is 12.3. The van der Waals surface area contributed by atoms with Crippen LogP contribution in [0.3, 0.4) is 0 Å². The van der Waals surface area contributed by atoms with Crippen molar-refractivity contribution in [3.63, 3.8) is 0 Å². The summed E-state index contributed by atoms with van der Waals surface area (Å²) in [7, 11) is 0. The van der Waals surface area contributed by atoms with E-state index in [-0.39, 0.29) is 17.5 Å². The number of amides is 1. The molecule has 1 saturated heterocycles. The van der Waals surface area contributed by atoms with Gasteiger partial charge in [0.05, 0.1) is 19.3 Å². The molecule has 5 heteroatoms. The second-order valence-electron chi connectivity index (χ2n) is 7.34. The van der Waals surface area contributed by atoms with Crippen LogP contribution in [0.5, 0.6) is 0 Å². The van der Waals surface area contributed by atoms with Gasteiger partial charge in [-0.2, -0.15) is 0 Å². The summed E-state index contributed by atoms with van der Waals surface area (Å²) in [5.41, 5.74) is 6.13. The predicted octanol–water partition coefficient (Wildman–Crippen LogP) is 1.51. The molecule has 128 valence electrons. The average Bonchev–Trinajstić information content (AvgIpc) is 2.53. The first kappa shape index (κ1) is 17.7. The maximum Gasteiger partial charge on any atom is 0.236 e. The summed E-state index contributed by atoms with van der Waals surface area (Å²) in [6.07, 6.45) is 6.92. The van der Waals surface area contributed by atoms with Crippen LogP contribution in [0.15, 0.2) is 0 Å². The first-order valence-corrected chi connectivity index (χ1v) is 8.89. The van der Waals surface area contributed by atoms with Gasteiger partial charge in [-0.25, -0.2) is 0 Å². The quantitative estimate of drug-likeness (QED) is 0.780. The fraction of sp³-hybridized carbons (Fsp3) is 0.941. The minimum absolute atomic E-state index is 0.00640. The third kappa shape index (κ3) is 4.67. The summed E-state index contributed by atoms with van der Waals surface area (Å²) in [6, 6.07) is -0.384. The molecule has 1 aliphatic carbocycles. The molecule has 1 aliphatic heterocycles. The average molecular weight is 311 g/mol. The van der Waals surface area contributed by atoms with Crippen molar-refractivity contribution in [2.24, 2.45) is 11.7 Å². The lowest BCUT2D eigenvalue weighted by Gasteiger charge is -2.48. The molecule has 2 aliphatic rings. The number of nitrogens with two attached hydrogens (primary N) is 1. The Morgan fingerprint density at radius 3 is 2.45 bits per heavy atom. The van der Waals surface area contributed by atoms with Gasteiger partial charge < -0.3 is 15.8 Å². The van der Waals surface area contributed by atoms with Crippen LogP contribution in [-0.2, 0) is 9.53 Å². The molecule has 0 aromatic rings. The number of nitrogens with one attached hydrogen (secondary N) is 1. The lowest BCUT2D eigenvalue weighted by atomic mass is 9.79. The first-order valence-electron chi connectivity index (χ1n) is 8.89. The molecule has 0 aromatic heterocycles. The smallest absolute Gasteiger partial charge is 0.236 e. The topological polar surface area (TPSA) is 67.6 Å². The molecule has 22 heavy (non-hydrogen) atoms. The molecule has 2 rings (SSSR count). The normalized spacial score (nSPS) is 24.2. The molecule has 1 heterocycles. The molecular weight excluding hydrogens is 278 g/mol. The van der Waals surface area contributed by atoms with Crippen molar-refractivity contribution in [3.8, 4) is 0 Å². The first-order chi connectivity index (χ1) is 10.5. The highest BCUT2D eigenvalue weighted by molar-refractivity contribution is 5.81. The number of rotatable bonds is 6. The number of ether oxygens (including phenoxy) is 1. The Kier molecular flexibility index (Phi) is 6.66. The Morgan fingerprint density at radius 2 is 1.86 bits per heavy atom. The van der Waals surface area contributed by atoms with E-state index in [4.69, 9.17) is 10.5 Å². The molecule has 2 fully saturated rings. The van der Waals surface area contributed by atoms with E-state index in [1.54, 1.807) is 0 Å². The molecule has 1 amide bonds. The van der Waals surface area contributed by atoms with Crippen LogP contribution in [0.25, 0.3) is 0 Å². The van der Waals surface area contributed by atoms with Crippen molar-refractivity contribution in [1.82, 2.24) is 10.2 Å². The highest BCUT2D eigenvalue weighted by Crippen LogP contribution is 2.33. The zero-order valence-corrected chi connectivity index (χ0v) is 14.3. The van der Waals surface area contributed by atoms with Gasteiger partial charge >= 0.3 is 0 Å². The van der Waals surface area contributed by atoms with Gasteiger partial charge in [-0.15, -0.1) is 0 Å². The van der Waals surface area contributed by atoms with Gasteiger partial charge in [-0.05, 0) is 25.2 Å². The van der Waals surface area contributed by atoms with Gasteiger partial charge in [0.2, 0.25) is 5.91 Å². The van der Waals surface area contributed by atoms with Crippen molar-refractivity contribution < 1.29 is 9.53 Å². The Morgan fingerprint density at radius 1 is 1.23 bits per heavy atom. The second kappa shape index (κ2) is 8.27. The van der Waals surface area contributed by atoms with Crippen LogP contribution in [0, 0.1) is 5.92 Å². The van der Waals surface area contributed by atoms with Gasteiger partial charge in [0.15, 0.2) is 0 Å². The fourth-order valence-corrected chi connectivity index (χ4v) is 3.85. The predicted molar refractivity (Wildman–Crippen MR) is 88.6 cm³/mol. The lowest BCUT2D eigenvalue weighted by Crippen LogP contribution is -2.60. The van der Waals surface area contributed by atoms with Crippen molar-refractivity contribution >= 4 is 5.91 Å². The van der Waals surface area contributed by atoms with Gasteiger partial charge in [-0.1, -0.05) is 33.1 Å². The molecule has 0 bridgehead atoms. The lowest BCUT2D eigenvalue weighted by molar-refractivity contribution is -0.124. The molecular formula is C17H33N3O2. The number of carbonyl (C=O) groups is 1. The molecule has 3 N–H and O–H groups in total. The number of hydrogen-bond donors (Lipinski definition) is 2. The van der Waals surface area contributed by atoms with E-state index in [2.05, 4.69) is 24.1 Å². The van der Waals surface area contributed by atoms with E-state index in [9.17, 15) is 4.79 Å². The van der Waals surface area contributed by atoms with Gasteiger partial charge in [0.1, 0.15) is 0 Å². The minimum atomic E-state index is -0.384. The third-order valence-electron chi connectivity index (χ3n) is 5.12.